The normalized spacial score (nSPS) is 16.0. The van der Waals surface area contributed by atoms with Gasteiger partial charge in [-0.3, -0.25) is 10.1 Å². The van der Waals surface area contributed by atoms with Crippen molar-refractivity contribution in [1.82, 2.24) is 20.3 Å². The Balaban J connectivity index is 1.44. The number of rotatable bonds is 7. The molecule has 2 unspecified atom stereocenters. The van der Waals surface area contributed by atoms with Crippen molar-refractivity contribution in [3.05, 3.63) is 106 Å². The lowest BCUT2D eigenvalue weighted by Crippen LogP contribution is -2.23. The van der Waals surface area contributed by atoms with E-state index in [1.165, 1.54) is 0 Å². The second-order valence-corrected chi connectivity index (χ2v) is 9.37. The van der Waals surface area contributed by atoms with E-state index in [0.717, 1.165) is 27.9 Å². The van der Waals surface area contributed by atoms with E-state index in [4.69, 9.17) is 28.9 Å². The fraction of sp³-hybridized carbons (Fsp3) is 0.194. The molecular weight excluding hydrogens is 508 g/mol. The largest absolute Gasteiger partial charge is 0.493 e. The van der Waals surface area contributed by atoms with Crippen LogP contribution in [0.5, 0.6) is 23.0 Å². The predicted molar refractivity (Wildman–Crippen MR) is 152 cm³/mol. The minimum atomic E-state index is -0.527. The number of nitrogens with one attached hydrogen (secondary N) is 2. The highest BCUT2D eigenvalue weighted by Gasteiger charge is 2.37. The van der Waals surface area contributed by atoms with Crippen molar-refractivity contribution in [2.45, 2.75) is 12.1 Å². The Labute approximate surface area is 230 Å². The molecule has 0 amide bonds. The zero-order valence-corrected chi connectivity index (χ0v) is 22.5. The predicted octanol–water partition coefficient (Wildman–Crippen LogP) is 4.80. The van der Waals surface area contributed by atoms with Gasteiger partial charge in [0.15, 0.2) is 28.4 Å². The van der Waals surface area contributed by atoms with Gasteiger partial charge in [0.25, 0.3) is 0 Å². The molecule has 9 heteroatoms. The van der Waals surface area contributed by atoms with Crippen LogP contribution in [0.3, 0.4) is 0 Å². The summed E-state index contributed by atoms with van der Waals surface area (Å²) >= 11 is 0. The van der Waals surface area contributed by atoms with Gasteiger partial charge in [-0.15, -0.1) is 0 Å². The second-order valence-electron chi connectivity index (χ2n) is 9.37. The molecule has 0 bridgehead atoms. The van der Waals surface area contributed by atoms with Crippen LogP contribution in [-0.4, -0.2) is 43.4 Å². The second kappa shape index (κ2) is 10.3. The third-order valence-corrected chi connectivity index (χ3v) is 7.27. The van der Waals surface area contributed by atoms with E-state index in [2.05, 4.69) is 10.3 Å². The van der Waals surface area contributed by atoms with Crippen molar-refractivity contribution in [3.63, 3.8) is 0 Å². The number of aromatic nitrogens is 3. The van der Waals surface area contributed by atoms with Crippen LogP contribution >= 0.6 is 0 Å². The number of hydrogen-bond acceptors (Lipinski definition) is 8. The zero-order valence-electron chi connectivity index (χ0n) is 22.5. The first-order valence-corrected chi connectivity index (χ1v) is 12.7. The van der Waals surface area contributed by atoms with Gasteiger partial charge in [-0.1, -0.05) is 24.3 Å². The van der Waals surface area contributed by atoms with E-state index < -0.39 is 6.04 Å². The van der Waals surface area contributed by atoms with E-state index in [-0.39, 0.29) is 11.5 Å². The van der Waals surface area contributed by atoms with Crippen molar-refractivity contribution in [2.24, 2.45) is 0 Å². The Morgan fingerprint density at radius 3 is 2.05 bits per heavy atom. The number of aromatic amines is 1. The molecule has 1 aliphatic rings. The Bertz CT molecular complexity index is 1770. The third kappa shape index (κ3) is 4.20. The number of ether oxygens (including phenoxy) is 4. The van der Waals surface area contributed by atoms with E-state index in [1.54, 1.807) is 40.8 Å². The quantitative estimate of drug-likeness (QED) is 0.305. The number of hydrogen-bond donors (Lipinski definition) is 2. The number of methoxy groups -OCH3 is 4. The summed E-state index contributed by atoms with van der Waals surface area (Å²) in [6.45, 7) is 0. The summed E-state index contributed by atoms with van der Waals surface area (Å²) in [5.74, 6) is 2.98. The van der Waals surface area contributed by atoms with Gasteiger partial charge in [0.2, 0.25) is 0 Å². The van der Waals surface area contributed by atoms with Gasteiger partial charge in [0.1, 0.15) is 5.82 Å². The number of nitrogens with zero attached hydrogens (tertiary/aromatic N) is 2. The molecule has 0 saturated heterocycles. The maximum Gasteiger partial charge on any atom is 0.194 e. The zero-order chi connectivity index (χ0) is 27.8. The van der Waals surface area contributed by atoms with Crippen LogP contribution in [0.2, 0.25) is 0 Å². The summed E-state index contributed by atoms with van der Waals surface area (Å²) < 4.78 is 21.8. The molecule has 0 fully saturated rings. The first-order valence-electron chi connectivity index (χ1n) is 12.7. The molecule has 0 radical (unpaired) electrons. The SMILES string of the molecule is COc1ccc(-c2cnc(C3NC(c4ccc(OC)c(OC)c4)c4[nH]c5ccccc5c(=O)c43)nc2)cc1OC. The van der Waals surface area contributed by atoms with Crippen LogP contribution in [0.25, 0.3) is 22.0 Å². The molecule has 5 aromatic rings. The Morgan fingerprint density at radius 2 is 1.35 bits per heavy atom. The van der Waals surface area contributed by atoms with Crippen molar-refractivity contribution in [2.75, 3.05) is 28.4 Å². The molecule has 1 aliphatic heterocycles. The standard InChI is InChI=1S/C31H28N4O5/c1-37-22-11-9-17(13-24(22)39-3)19-15-32-31(33-16-19)29-26-28(34-21-8-6-5-7-20(21)30(26)36)27(35-29)18-10-12-23(38-2)25(14-18)40-4/h5-16,27,29,35H,1-4H3,(H,34,36). The van der Waals surface area contributed by atoms with Crippen LogP contribution in [0, 0.1) is 0 Å². The minimum absolute atomic E-state index is 0.0580. The molecular formula is C31H28N4O5. The summed E-state index contributed by atoms with van der Waals surface area (Å²) in [7, 11) is 6.40. The van der Waals surface area contributed by atoms with Gasteiger partial charge in [-0.25, -0.2) is 9.97 Å². The summed E-state index contributed by atoms with van der Waals surface area (Å²) in [6.07, 6.45) is 3.51. The Morgan fingerprint density at radius 1 is 0.700 bits per heavy atom. The number of fused-ring (bicyclic) bond motifs is 2. The Kier molecular flexibility index (Phi) is 6.57. The number of H-pyrrole nitrogens is 1. The van der Waals surface area contributed by atoms with Crippen LogP contribution in [-0.2, 0) is 0 Å². The molecule has 0 saturated carbocycles. The molecule has 40 heavy (non-hydrogen) atoms. The lowest BCUT2D eigenvalue weighted by atomic mass is 9.99. The molecule has 9 nitrogen and oxygen atoms in total. The molecule has 0 spiro atoms. The van der Waals surface area contributed by atoms with Crippen molar-refractivity contribution in [3.8, 4) is 34.1 Å². The number of benzene rings is 3. The highest BCUT2D eigenvalue weighted by Crippen LogP contribution is 2.40. The highest BCUT2D eigenvalue weighted by atomic mass is 16.5. The van der Waals surface area contributed by atoms with Crippen molar-refractivity contribution >= 4 is 10.9 Å². The third-order valence-electron chi connectivity index (χ3n) is 7.27. The summed E-state index contributed by atoms with van der Waals surface area (Å²) in [6, 6.07) is 18.0. The highest BCUT2D eigenvalue weighted by molar-refractivity contribution is 5.80. The van der Waals surface area contributed by atoms with E-state index in [9.17, 15) is 4.79 Å². The first kappa shape index (κ1) is 25.4. The Hall–Kier alpha value is -4.89. The average Bonchev–Trinajstić information content (AvgIpc) is 3.40. The van der Waals surface area contributed by atoms with Crippen molar-refractivity contribution in [1.29, 1.82) is 0 Å². The van der Waals surface area contributed by atoms with Crippen LogP contribution in [0.15, 0.2) is 77.9 Å². The molecule has 3 heterocycles. The average molecular weight is 537 g/mol. The maximum absolute atomic E-state index is 13.8. The first-order chi connectivity index (χ1) is 19.6. The molecule has 2 aromatic heterocycles. The molecule has 3 aromatic carbocycles. The van der Waals surface area contributed by atoms with Gasteiger partial charge in [0, 0.05) is 40.1 Å². The lowest BCUT2D eigenvalue weighted by Gasteiger charge is -2.17. The topological polar surface area (TPSA) is 108 Å². The van der Waals surface area contributed by atoms with Crippen molar-refractivity contribution < 1.29 is 18.9 Å². The van der Waals surface area contributed by atoms with Gasteiger partial charge in [-0.05, 0) is 47.5 Å². The van der Waals surface area contributed by atoms with Gasteiger partial charge in [-0.2, -0.15) is 0 Å². The van der Waals surface area contributed by atoms with Crippen LogP contribution in [0.4, 0.5) is 0 Å². The molecule has 0 aliphatic carbocycles. The molecule has 2 N–H and O–H groups in total. The van der Waals surface area contributed by atoms with Gasteiger partial charge < -0.3 is 23.9 Å². The lowest BCUT2D eigenvalue weighted by molar-refractivity contribution is 0.354. The smallest absolute Gasteiger partial charge is 0.194 e. The van der Waals surface area contributed by atoms with E-state index in [1.807, 2.05) is 60.7 Å². The summed E-state index contributed by atoms with van der Waals surface area (Å²) in [5, 5.41) is 4.21. The summed E-state index contributed by atoms with van der Waals surface area (Å²) in [4.78, 5) is 26.7. The van der Waals surface area contributed by atoms with Crippen LogP contribution in [0.1, 0.15) is 34.7 Å². The molecule has 6 rings (SSSR count). The number of pyridine rings is 1. The summed E-state index contributed by atoms with van der Waals surface area (Å²) in [5.41, 5.74) is 4.68. The minimum Gasteiger partial charge on any atom is -0.493 e. The van der Waals surface area contributed by atoms with E-state index >= 15 is 0 Å². The molecule has 202 valence electrons. The maximum atomic E-state index is 13.8. The number of para-hydroxylation sites is 1. The fourth-order valence-corrected chi connectivity index (χ4v) is 5.27. The van der Waals surface area contributed by atoms with Gasteiger partial charge >= 0.3 is 0 Å². The van der Waals surface area contributed by atoms with Gasteiger partial charge in [0.05, 0.1) is 40.5 Å². The van der Waals surface area contributed by atoms with E-state index in [0.29, 0.717) is 39.8 Å². The fourth-order valence-electron chi connectivity index (χ4n) is 5.27. The van der Waals surface area contributed by atoms with Crippen LogP contribution < -0.4 is 29.7 Å². The monoisotopic (exact) mass is 536 g/mol. The molecule has 2 atom stereocenters.